The number of aryl methyl sites for hydroxylation is 2. The van der Waals surface area contributed by atoms with Crippen LogP contribution in [0.15, 0.2) is 48.5 Å². The van der Waals surface area contributed by atoms with Crippen molar-refractivity contribution in [2.24, 2.45) is 0 Å². The highest BCUT2D eigenvalue weighted by Gasteiger charge is 2.14. The molecular formula is C21H26N4O. The maximum absolute atomic E-state index is 12.4. The van der Waals surface area contributed by atoms with E-state index in [2.05, 4.69) is 46.9 Å². The molecule has 1 heterocycles. The van der Waals surface area contributed by atoms with Crippen LogP contribution >= 0.6 is 0 Å². The van der Waals surface area contributed by atoms with E-state index in [4.69, 9.17) is 0 Å². The van der Waals surface area contributed by atoms with Crippen LogP contribution in [0.5, 0.6) is 0 Å². The van der Waals surface area contributed by atoms with Crippen molar-refractivity contribution in [3.63, 3.8) is 0 Å². The number of nitrogens with one attached hydrogen (secondary N) is 1. The molecule has 0 saturated heterocycles. The molecule has 2 aromatic carbocycles. The molecule has 1 N–H and O–H groups in total. The van der Waals surface area contributed by atoms with Gasteiger partial charge in [-0.15, -0.1) is 0 Å². The number of urea groups is 1. The van der Waals surface area contributed by atoms with Gasteiger partial charge in [0, 0.05) is 20.1 Å². The van der Waals surface area contributed by atoms with Crippen LogP contribution in [0.4, 0.5) is 4.79 Å². The Kier molecular flexibility index (Phi) is 5.56. The van der Waals surface area contributed by atoms with E-state index in [0.717, 1.165) is 29.8 Å². The lowest BCUT2D eigenvalue weighted by Gasteiger charge is -2.18. The molecule has 1 aromatic heterocycles. The molecule has 0 unspecified atom stereocenters. The van der Waals surface area contributed by atoms with E-state index in [-0.39, 0.29) is 6.03 Å². The smallest absolute Gasteiger partial charge is 0.317 e. The molecular weight excluding hydrogens is 324 g/mol. The van der Waals surface area contributed by atoms with Crippen molar-refractivity contribution in [3.05, 3.63) is 65.5 Å². The van der Waals surface area contributed by atoms with Gasteiger partial charge in [0.25, 0.3) is 0 Å². The fraction of sp³-hybridized carbons (Fsp3) is 0.333. The standard InChI is InChI=1S/C21H26N4O/c1-4-25-19-12-8-7-11-18(19)23-20(25)15-24(3)21(26)22-14-13-17-10-6-5-9-16(17)2/h5-12H,4,13-15H2,1-3H3,(H,22,26). The molecule has 3 aromatic rings. The highest BCUT2D eigenvalue weighted by Crippen LogP contribution is 2.17. The van der Waals surface area contributed by atoms with E-state index >= 15 is 0 Å². The molecule has 0 aliphatic heterocycles. The molecule has 0 aliphatic carbocycles. The van der Waals surface area contributed by atoms with Gasteiger partial charge in [0.05, 0.1) is 17.6 Å². The molecule has 5 nitrogen and oxygen atoms in total. The van der Waals surface area contributed by atoms with E-state index in [1.807, 2.05) is 37.4 Å². The van der Waals surface area contributed by atoms with E-state index in [9.17, 15) is 4.79 Å². The maximum atomic E-state index is 12.4. The van der Waals surface area contributed by atoms with Gasteiger partial charge < -0.3 is 14.8 Å². The summed E-state index contributed by atoms with van der Waals surface area (Å²) in [6, 6.07) is 16.3. The number of carbonyl (C=O) groups excluding carboxylic acids is 1. The van der Waals surface area contributed by atoms with Gasteiger partial charge >= 0.3 is 6.03 Å². The second-order valence-electron chi connectivity index (χ2n) is 6.53. The Balaban J connectivity index is 1.60. The summed E-state index contributed by atoms with van der Waals surface area (Å²) in [6.07, 6.45) is 0.833. The van der Waals surface area contributed by atoms with Gasteiger partial charge in [-0.3, -0.25) is 0 Å². The Hall–Kier alpha value is -2.82. The van der Waals surface area contributed by atoms with Crippen molar-refractivity contribution in [1.29, 1.82) is 0 Å². The minimum atomic E-state index is -0.0757. The quantitative estimate of drug-likeness (QED) is 0.736. The molecule has 0 fully saturated rings. The number of hydrogen-bond acceptors (Lipinski definition) is 2. The summed E-state index contributed by atoms with van der Waals surface area (Å²) in [5.74, 6) is 0.908. The number of amides is 2. The molecule has 136 valence electrons. The van der Waals surface area contributed by atoms with Crippen LogP contribution in [0.3, 0.4) is 0 Å². The van der Waals surface area contributed by atoms with Crippen LogP contribution in [0.1, 0.15) is 23.9 Å². The highest BCUT2D eigenvalue weighted by atomic mass is 16.2. The molecule has 0 spiro atoms. The normalized spacial score (nSPS) is 10.9. The molecule has 0 saturated carbocycles. The first kappa shape index (κ1) is 18.0. The van der Waals surface area contributed by atoms with Crippen molar-refractivity contribution in [1.82, 2.24) is 19.8 Å². The number of hydrogen-bond donors (Lipinski definition) is 1. The lowest BCUT2D eigenvalue weighted by atomic mass is 10.1. The largest absolute Gasteiger partial charge is 0.338 e. The zero-order chi connectivity index (χ0) is 18.5. The van der Waals surface area contributed by atoms with E-state index in [1.165, 1.54) is 11.1 Å². The predicted molar refractivity (Wildman–Crippen MR) is 105 cm³/mol. The number of para-hydroxylation sites is 2. The maximum Gasteiger partial charge on any atom is 0.317 e. The number of nitrogens with zero attached hydrogens (tertiary/aromatic N) is 3. The average Bonchev–Trinajstić information content (AvgIpc) is 3.00. The summed E-state index contributed by atoms with van der Waals surface area (Å²) in [6.45, 7) is 6.13. The lowest BCUT2D eigenvalue weighted by Crippen LogP contribution is -2.38. The summed E-state index contributed by atoms with van der Waals surface area (Å²) in [5, 5.41) is 3.00. The van der Waals surface area contributed by atoms with Crippen LogP contribution in [0.25, 0.3) is 11.0 Å². The molecule has 3 rings (SSSR count). The summed E-state index contributed by atoms with van der Waals surface area (Å²) in [5.41, 5.74) is 4.60. The predicted octanol–water partition coefficient (Wildman–Crippen LogP) is 3.75. The molecule has 5 heteroatoms. The van der Waals surface area contributed by atoms with Crippen molar-refractivity contribution in [2.75, 3.05) is 13.6 Å². The molecule has 0 aliphatic rings. The number of rotatable bonds is 6. The fourth-order valence-electron chi connectivity index (χ4n) is 3.21. The number of fused-ring (bicyclic) bond motifs is 1. The Morgan fingerprint density at radius 3 is 2.65 bits per heavy atom. The third kappa shape index (κ3) is 3.87. The van der Waals surface area contributed by atoms with Crippen LogP contribution in [0.2, 0.25) is 0 Å². The van der Waals surface area contributed by atoms with Gasteiger partial charge in [-0.2, -0.15) is 0 Å². The van der Waals surface area contributed by atoms with Gasteiger partial charge in [0.15, 0.2) is 0 Å². The van der Waals surface area contributed by atoms with Crippen LogP contribution in [-0.4, -0.2) is 34.1 Å². The van der Waals surface area contributed by atoms with Crippen molar-refractivity contribution in [2.45, 2.75) is 33.4 Å². The topological polar surface area (TPSA) is 50.2 Å². The minimum Gasteiger partial charge on any atom is -0.338 e. The SMILES string of the molecule is CCn1c(CN(C)C(=O)NCCc2ccccc2C)nc2ccccc21. The van der Waals surface area contributed by atoms with Crippen LogP contribution in [-0.2, 0) is 19.5 Å². The van der Waals surface area contributed by atoms with Gasteiger partial charge in [-0.25, -0.2) is 9.78 Å². The van der Waals surface area contributed by atoms with Gasteiger partial charge in [-0.1, -0.05) is 36.4 Å². The molecule has 26 heavy (non-hydrogen) atoms. The van der Waals surface area contributed by atoms with Gasteiger partial charge in [0.2, 0.25) is 0 Å². The lowest BCUT2D eigenvalue weighted by molar-refractivity contribution is 0.205. The van der Waals surface area contributed by atoms with E-state index < -0.39 is 0 Å². The third-order valence-corrected chi connectivity index (χ3v) is 4.71. The second kappa shape index (κ2) is 8.04. The number of carbonyl (C=O) groups is 1. The summed E-state index contributed by atoms with van der Waals surface area (Å²) >= 11 is 0. The number of aromatic nitrogens is 2. The Bertz CT molecular complexity index is 900. The second-order valence-corrected chi connectivity index (χ2v) is 6.53. The Morgan fingerprint density at radius 2 is 1.88 bits per heavy atom. The Morgan fingerprint density at radius 1 is 1.15 bits per heavy atom. The molecule has 0 atom stereocenters. The first-order chi connectivity index (χ1) is 12.6. The minimum absolute atomic E-state index is 0.0757. The number of imidazole rings is 1. The fourth-order valence-corrected chi connectivity index (χ4v) is 3.21. The van der Waals surface area contributed by atoms with Gasteiger partial charge in [-0.05, 0) is 43.5 Å². The zero-order valence-electron chi connectivity index (χ0n) is 15.7. The summed E-state index contributed by atoms with van der Waals surface area (Å²) in [7, 11) is 1.81. The van der Waals surface area contributed by atoms with Gasteiger partial charge in [0.1, 0.15) is 5.82 Å². The van der Waals surface area contributed by atoms with Crippen molar-refractivity contribution < 1.29 is 4.79 Å². The Labute approximate surface area is 154 Å². The average molecular weight is 350 g/mol. The summed E-state index contributed by atoms with van der Waals surface area (Å²) in [4.78, 5) is 18.8. The molecule has 0 radical (unpaired) electrons. The van der Waals surface area contributed by atoms with E-state index in [1.54, 1.807) is 4.90 Å². The zero-order valence-corrected chi connectivity index (χ0v) is 15.7. The van der Waals surface area contributed by atoms with Crippen LogP contribution < -0.4 is 5.32 Å². The number of benzene rings is 2. The first-order valence-corrected chi connectivity index (χ1v) is 9.07. The highest BCUT2D eigenvalue weighted by molar-refractivity contribution is 5.76. The van der Waals surface area contributed by atoms with Crippen LogP contribution in [0, 0.1) is 6.92 Å². The third-order valence-electron chi connectivity index (χ3n) is 4.71. The van der Waals surface area contributed by atoms with E-state index in [0.29, 0.717) is 13.1 Å². The molecule has 0 bridgehead atoms. The summed E-state index contributed by atoms with van der Waals surface area (Å²) < 4.78 is 2.16. The van der Waals surface area contributed by atoms with Crippen molar-refractivity contribution >= 4 is 17.1 Å². The monoisotopic (exact) mass is 350 g/mol. The molecule has 2 amide bonds. The first-order valence-electron chi connectivity index (χ1n) is 9.07. The van der Waals surface area contributed by atoms with Crippen molar-refractivity contribution in [3.8, 4) is 0 Å².